The van der Waals surface area contributed by atoms with E-state index >= 15 is 0 Å². The van der Waals surface area contributed by atoms with E-state index in [1.54, 1.807) is 0 Å². The third-order valence-corrected chi connectivity index (χ3v) is 3.32. The van der Waals surface area contributed by atoms with Crippen LogP contribution in [-0.4, -0.2) is 36.0 Å². The number of carbonyl (C=O) groups excluding carboxylic acids is 2. The van der Waals surface area contributed by atoms with Gasteiger partial charge < -0.3 is 10.2 Å². The van der Waals surface area contributed by atoms with E-state index in [-0.39, 0.29) is 17.8 Å². The third kappa shape index (κ3) is 3.84. The van der Waals surface area contributed by atoms with Crippen molar-refractivity contribution in [2.75, 3.05) is 18.5 Å². The minimum absolute atomic E-state index is 0.225. The van der Waals surface area contributed by atoms with Crippen molar-refractivity contribution in [3.05, 3.63) is 30.1 Å². The molecular formula is C14H19FN4O2. The first kappa shape index (κ1) is 15.1. The monoisotopic (exact) mass is 294 g/mol. The summed E-state index contributed by atoms with van der Waals surface area (Å²) in [6, 6.07) is 4.93. The summed E-state index contributed by atoms with van der Waals surface area (Å²) in [5, 5.41) is 2.70. The number of anilines is 1. The summed E-state index contributed by atoms with van der Waals surface area (Å²) in [6.45, 7) is 2.93. The average Bonchev–Trinajstić information content (AvgIpc) is 2.96. The molecule has 0 radical (unpaired) electrons. The Bertz CT molecular complexity index is 506. The van der Waals surface area contributed by atoms with Crippen LogP contribution in [0.4, 0.5) is 14.9 Å². The summed E-state index contributed by atoms with van der Waals surface area (Å²) in [4.78, 5) is 25.5. The number of urea groups is 1. The fourth-order valence-electron chi connectivity index (χ4n) is 2.29. The second-order valence-corrected chi connectivity index (χ2v) is 4.81. The smallest absolute Gasteiger partial charge is 0.318 e. The van der Waals surface area contributed by atoms with Crippen molar-refractivity contribution in [3.8, 4) is 0 Å². The minimum Gasteiger partial charge on any atom is -0.338 e. The number of hydrogen-bond acceptors (Lipinski definition) is 3. The van der Waals surface area contributed by atoms with Gasteiger partial charge in [-0.15, -0.1) is 0 Å². The predicted molar refractivity (Wildman–Crippen MR) is 77.0 cm³/mol. The molecule has 21 heavy (non-hydrogen) atoms. The predicted octanol–water partition coefficient (Wildman–Crippen LogP) is 1.46. The quantitative estimate of drug-likeness (QED) is 0.736. The molecule has 7 heteroatoms. The highest BCUT2D eigenvalue weighted by molar-refractivity contribution is 5.88. The Morgan fingerprint density at radius 1 is 1.33 bits per heavy atom. The molecule has 3 N–H and O–H groups in total. The topological polar surface area (TPSA) is 73.5 Å². The molecule has 1 aliphatic rings. The average molecular weight is 294 g/mol. The molecule has 1 unspecified atom stereocenters. The maximum Gasteiger partial charge on any atom is 0.318 e. The number of nitrogens with one attached hydrogen (secondary N) is 3. The third-order valence-electron chi connectivity index (χ3n) is 3.32. The molecule has 0 aliphatic carbocycles. The fourth-order valence-corrected chi connectivity index (χ4v) is 2.29. The number of halogens is 1. The molecule has 1 atom stereocenters. The van der Waals surface area contributed by atoms with Crippen molar-refractivity contribution in [2.24, 2.45) is 0 Å². The van der Waals surface area contributed by atoms with E-state index in [9.17, 15) is 14.0 Å². The second-order valence-electron chi connectivity index (χ2n) is 4.81. The number of hydrazine groups is 1. The highest BCUT2D eigenvalue weighted by atomic mass is 19.1. The van der Waals surface area contributed by atoms with E-state index in [0.717, 1.165) is 6.42 Å². The molecular weight excluding hydrogens is 275 g/mol. The number of amides is 3. The van der Waals surface area contributed by atoms with E-state index in [2.05, 4.69) is 16.2 Å². The molecule has 1 aromatic carbocycles. The standard InChI is InChI=1S/C14H19FN4O2/c1-2-16-14(21)19-9-3-4-12(19)13(20)18-17-11-7-5-10(15)6-8-11/h5-8,12,17H,2-4,9H2,1H3,(H,16,21)(H,18,20). The Hall–Kier alpha value is -2.31. The molecule has 114 valence electrons. The maximum atomic E-state index is 12.8. The van der Waals surface area contributed by atoms with Crippen LogP contribution in [0.2, 0.25) is 0 Å². The number of benzene rings is 1. The van der Waals surface area contributed by atoms with E-state index in [4.69, 9.17) is 0 Å². The van der Waals surface area contributed by atoms with Gasteiger partial charge in [0.1, 0.15) is 11.9 Å². The lowest BCUT2D eigenvalue weighted by molar-refractivity contribution is -0.124. The first-order valence-electron chi connectivity index (χ1n) is 6.97. The van der Waals surface area contributed by atoms with Gasteiger partial charge in [0.25, 0.3) is 5.91 Å². The van der Waals surface area contributed by atoms with Gasteiger partial charge in [0.15, 0.2) is 0 Å². The zero-order valence-electron chi connectivity index (χ0n) is 11.9. The van der Waals surface area contributed by atoms with Gasteiger partial charge in [0.2, 0.25) is 0 Å². The molecule has 1 aliphatic heterocycles. The molecule has 1 aromatic rings. The van der Waals surface area contributed by atoms with E-state index in [0.29, 0.717) is 25.2 Å². The number of rotatable bonds is 4. The fraction of sp³-hybridized carbons (Fsp3) is 0.429. The van der Waals surface area contributed by atoms with Gasteiger partial charge in [-0.25, -0.2) is 9.18 Å². The number of likely N-dealkylation sites (tertiary alicyclic amines) is 1. The van der Waals surface area contributed by atoms with Crippen molar-refractivity contribution in [3.63, 3.8) is 0 Å². The highest BCUT2D eigenvalue weighted by Gasteiger charge is 2.33. The van der Waals surface area contributed by atoms with Gasteiger partial charge in [-0.2, -0.15) is 0 Å². The lowest BCUT2D eigenvalue weighted by atomic mass is 10.2. The Kier molecular flexibility index (Phi) is 4.97. The summed E-state index contributed by atoms with van der Waals surface area (Å²) in [7, 11) is 0. The van der Waals surface area contributed by atoms with Crippen LogP contribution in [0.5, 0.6) is 0 Å². The SMILES string of the molecule is CCNC(=O)N1CCCC1C(=O)NNc1ccc(F)cc1. The van der Waals surface area contributed by atoms with Crippen LogP contribution in [-0.2, 0) is 4.79 Å². The van der Waals surface area contributed by atoms with Gasteiger partial charge >= 0.3 is 6.03 Å². The number of carbonyl (C=O) groups is 2. The van der Waals surface area contributed by atoms with Crippen LogP contribution in [0.25, 0.3) is 0 Å². The van der Waals surface area contributed by atoms with Crippen LogP contribution in [0.15, 0.2) is 24.3 Å². The first-order valence-corrected chi connectivity index (χ1v) is 6.97. The Labute approximate surface area is 122 Å². The molecule has 0 aromatic heterocycles. The molecule has 2 rings (SSSR count). The number of nitrogens with zero attached hydrogens (tertiary/aromatic N) is 1. The normalized spacial score (nSPS) is 17.4. The zero-order chi connectivity index (χ0) is 15.2. The zero-order valence-corrected chi connectivity index (χ0v) is 11.9. The Morgan fingerprint density at radius 2 is 2.05 bits per heavy atom. The van der Waals surface area contributed by atoms with Crippen molar-refractivity contribution >= 4 is 17.6 Å². The largest absolute Gasteiger partial charge is 0.338 e. The Morgan fingerprint density at radius 3 is 2.71 bits per heavy atom. The van der Waals surface area contributed by atoms with Crippen LogP contribution < -0.4 is 16.2 Å². The summed E-state index contributed by atoms with van der Waals surface area (Å²) in [6.07, 6.45) is 1.43. The second kappa shape index (κ2) is 6.92. The maximum absolute atomic E-state index is 12.8. The first-order chi connectivity index (χ1) is 10.1. The molecule has 1 fully saturated rings. The lowest BCUT2D eigenvalue weighted by Gasteiger charge is -2.24. The van der Waals surface area contributed by atoms with Gasteiger partial charge in [0, 0.05) is 13.1 Å². The molecule has 0 spiro atoms. The molecule has 1 saturated heterocycles. The summed E-state index contributed by atoms with van der Waals surface area (Å²) < 4.78 is 12.8. The molecule has 3 amide bonds. The van der Waals surface area contributed by atoms with Crippen molar-refractivity contribution in [1.82, 2.24) is 15.6 Å². The van der Waals surface area contributed by atoms with Crippen molar-refractivity contribution < 1.29 is 14.0 Å². The summed E-state index contributed by atoms with van der Waals surface area (Å²) in [5.41, 5.74) is 5.85. The van der Waals surface area contributed by atoms with Gasteiger partial charge in [-0.3, -0.25) is 15.6 Å². The highest BCUT2D eigenvalue weighted by Crippen LogP contribution is 2.17. The molecule has 0 saturated carbocycles. The van der Waals surface area contributed by atoms with Crippen molar-refractivity contribution in [2.45, 2.75) is 25.8 Å². The van der Waals surface area contributed by atoms with Gasteiger partial charge in [0.05, 0.1) is 5.69 Å². The molecule has 6 nitrogen and oxygen atoms in total. The van der Waals surface area contributed by atoms with E-state index in [1.807, 2.05) is 6.92 Å². The summed E-state index contributed by atoms with van der Waals surface area (Å²) >= 11 is 0. The van der Waals surface area contributed by atoms with E-state index < -0.39 is 6.04 Å². The Balaban J connectivity index is 1.90. The van der Waals surface area contributed by atoms with Crippen LogP contribution in [0.1, 0.15) is 19.8 Å². The van der Waals surface area contributed by atoms with Gasteiger partial charge in [-0.05, 0) is 44.0 Å². The molecule has 0 bridgehead atoms. The number of hydrogen-bond donors (Lipinski definition) is 3. The summed E-state index contributed by atoms with van der Waals surface area (Å²) in [5.74, 6) is -0.617. The van der Waals surface area contributed by atoms with Crippen LogP contribution in [0, 0.1) is 5.82 Å². The van der Waals surface area contributed by atoms with E-state index in [1.165, 1.54) is 29.2 Å². The lowest BCUT2D eigenvalue weighted by Crippen LogP contribution is -2.50. The molecule has 1 heterocycles. The minimum atomic E-state index is -0.482. The van der Waals surface area contributed by atoms with Gasteiger partial charge in [-0.1, -0.05) is 0 Å². The van der Waals surface area contributed by atoms with Crippen molar-refractivity contribution in [1.29, 1.82) is 0 Å². The van der Waals surface area contributed by atoms with Crippen LogP contribution in [0.3, 0.4) is 0 Å². The van der Waals surface area contributed by atoms with Crippen LogP contribution >= 0.6 is 0 Å².